The highest BCUT2D eigenvalue weighted by molar-refractivity contribution is 5.00. The lowest BCUT2D eigenvalue weighted by Crippen LogP contribution is -2.03. The Balaban J connectivity index is 1.79. The average molecular weight is 125 g/mol. The number of hydrogen-bond donors (Lipinski definition) is 1. The second-order valence-electron chi connectivity index (χ2n) is 3.77. The molecule has 2 fully saturated rings. The van der Waals surface area contributed by atoms with Gasteiger partial charge in [0.1, 0.15) is 0 Å². The van der Waals surface area contributed by atoms with E-state index in [1.165, 1.54) is 12.8 Å². The molecule has 2 aliphatic rings. The Bertz CT molecular complexity index is 122. The Morgan fingerprint density at radius 3 is 2.33 bits per heavy atom. The fourth-order valence-corrected chi connectivity index (χ4v) is 2.01. The van der Waals surface area contributed by atoms with Crippen molar-refractivity contribution in [3.63, 3.8) is 0 Å². The van der Waals surface area contributed by atoms with Crippen LogP contribution in [0.1, 0.15) is 19.8 Å². The zero-order valence-corrected chi connectivity index (χ0v) is 6.01. The van der Waals surface area contributed by atoms with Gasteiger partial charge in [-0.05, 0) is 43.1 Å². The van der Waals surface area contributed by atoms with Gasteiger partial charge in [0, 0.05) is 0 Å². The first-order valence-electron chi connectivity index (χ1n) is 4.03. The van der Waals surface area contributed by atoms with Gasteiger partial charge in [-0.1, -0.05) is 6.92 Å². The lowest BCUT2D eigenvalue weighted by molar-refractivity contribution is 0.597. The van der Waals surface area contributed by atoms with Crippen molar-refractivity contribution in [2.75, 3.05) is 6.54 Å². The Labute approximate surface area is 56.6 Å². The standard InChI is InChI=1S/C8H15N/c1-5-2-7(5)8-3-6(8)4-9/h5-8H,2-4,9H2,1H3/t5-,6-,7+,8+/m1/s1. The van der Waals surface area contributed by atoms with E-state index in [4.69, 9.17) is 5.73 Å². The fourth-order valence-electron chi connectivity index (χ4n) is 2.01. The minimum atomic E-state index is 0.917. The largest absolute Gasteiger partial charge is 0.330 e. The molecule has 9 heavy (non-hydrogen) atoms. The zero-order chi connectivity index (χ0) is 6.43. The third-order valence-electron chi connectivity index (χ3n) is 3.00. The molecule has 0 radical (unpaired) electrons. The summed E-state index contributed by atoms with van der Waals surface area (Å²) in [5.41, 5.74) is 5.54. The molecule has 0 heterocycles. The van der Waals surface area contributed by atoms with Crippen LogP contribution in [0.3, 0.4) is 0 Å². The molecule has 2 N–H and O–H groups in total. The second-order valence-corrected chi connectivity index (χ2v) is 3.77. The van der Waals surface area contributed by atoms with Gasteiger partial charge >= 0.3 is 0 Å². The van der Waals surface area contributed by atoms with Crippen molar-refractivity contribution in [1.29, 1.82) is 0 Å². The van der Waals surface area contributed by atoms with Gasteiger partial charge in [-0.3, -0.25) is 0 Å². The molecule has 52 valence electrons. The summed E-state index contributed by atoms with van der Waals surface area (Å²) in [5, 5.41) is 0. The highest BCUT2D eigenvalue weighted by atomic mass is 14.6. The van der Waals surface area contributed by atoms with E-state index in [-0.39, 0.29) is 0 Å². The van der Waals surface area contributed by atoms with E-state index in [2.05, 4.69) is 6.92 Å². The summed E-state index contributed by atoms with van der Waals surface area (Å²) in [6, 6.07) is 0. The minimum Gasteiger partial charge on any atom is -0.330 e. The van der Waals surface area contributed by atoms with Crippen molar-refractivity contribution < 1.29 is 0 Å². The lowest BCUT2D eigenvalue weighted by atomic mass is 10.2. The minimum absolute atomic E-state index is 0.917. The van der Waals surface area contributed by atoms with Gasteiger partial charge in [-0.15, -0.1) is 0 Å². The third kappa shape index (κ3) is 0.877. The summed E-state index contributed by atoms with van der Waals surface area (Å²) in [6.07, 6.45) is 2.92. The predicted molar refractivity (Wildman–Crippen MR) is 37.9 cm³/mol. The highest BCUT2D eigenvalue weighted by Gasteiger charge is 2.50. The molecule has 0 bridgehead atoms. The van der Waals surface area contributed by atoms with Crippen LogP contribution >= 0.6 is 0 Å². The van der Waals surface area contributed by atoms with Crippen LogP contribution in [0, 0.1) is 23.7 Å². The van der Waals surface area contributed by atoms with Gasteiger partial charge in [-0.25, -0.2) is 0 Å². The first-order valence-corrected chi connectivity index (χ1v) is 4.03. The summed E-state index contributed by atoms with van der Waals surface area (Å²) in [7, 11) is 0. The van der Waals surface area contributed by atoms with Crippen LogP contribution in [0.15, 0.2) is 0 Å². The Hall–Kier alpha value is -0.0400. The molecule has 0 amide bonds. The van der Waals surface area contributed by atoms with Crippen LogP contribution in [-0.2, 0) is 0 Å². The Morgan fingerprint density at radius 2 is 2.00 bits per heavy atom. The van der Waals surface area contributed by atoms with Crippen LogP contribution < -0.4 is 5.73 Å². The molecular weight excluding hydrogens is 110 g/mol. The van der Waals surface area contributed by atoms with Gasteiger partial charge in [0.2, 0.25) is 0 Å². The Morgan fingerprint density at radius 1 is 1.33 bits per heavy atom. The van der Waals surface area contributed by atoms with Crippen molar-refractivity contribution in [1.82, 2.24) is 0 Å². The van der Waals surface area contributed by atoms with Crippen molar-refractivity contribution in [2.24, 2.45) is 29.4 Å². The van der Waals surface area contributed by atoms with E-state index in [9.17, 15) is 0 Å². The predicted octanol–water partition coefficient (Wildman–Crippen LogP) is 1.24. The topological polar surface area (TPSA) is 26.0 Å². The van der Waals surface area contributed by atoms with Crippen LogP contribution in [0.25, 0.3) is 0 Å². The van der Waals surface area contributed by atoms with E-state index in [1.54, 1.807) is 0 Å². The van der Waals surface area contributed by atoms with Gasteiger partial charge in [0.15, 0.2) is 0 Å². The zero-order valence-electron chi connectivity index (χ0n) is 6.01. The number of hydrogen-bond acceptors (Lipinski definition) is 1. The molecule has 1 nitrogen and oxygen atoms in total. The monoisotopic (exact) mass is 125 g/mol. The first-order chi connectivity index (χ1) is 4.33. The van der Waals surface area contributed by atoms with Crippen molar-refractivity contribution in [2.45, 2.75) is 19.8 Å². The highest BCUT2D eigenvalue weighted by Crippen LogP contribution is 2.57. The fraction of sp³-hybridized carbons (Fsp3) is 1.00. The summed E-state index contributed by atoms with van der Waals surface area (Å²) >= 11 is 0. The molecular formula is C8H15N. The molecule has 4 atom stereocenters. The second kappa shape index (κ2) is 1.72. The van der Waals surface area contributed by atoms with Crippen LogP contribution in [-0.4, -0.2) is 6.54 Å². The summed E-state index contributed by atoms with van der Waals surface area (Å²) in [5.74, 6) is 4.08. The van der Waals surface area contributed by atoms with Crippen LogP contribution in [0.4, 0.5) is 0 Å². The molecule has 2 aliphatic carbocycles. The average Bonchev–Trinajstić information content (AvgIpc) is 2.61. The van der Waals surface area contributed by atoms with Crippen molar-refractivity contribution in [3.8, 4) is 0 Å². The molecule has 0 aromatic carbocycles. The molecule has 1 heteroatoms. The molecule has 0 aliphatic heterocycles. The molecule has 2 saturated carbocycles. The molecule has 0 aromatic heterocycles. The summed E-state index contributed by atoms with van der Waals surface area (Å²) in [4.78, 5) is 0. The smallest absolute Gasteiger partial charge is 0.00460 e. The number of nitrogens with two attached hydrogens (primary N) is 1. The van der Waals surface area contributed by atoms with Gasteiger partial charge < -0.3 is 5.73 Å². The van der Waals surface area contributed by atoms with Gasteiger partial charge in [0.05, 0.1) is 0 Å². The maximum absolute atomic E-state index is 5.54. The van der Waals surface area contributed by atoms with E-state index in [1.807, 2.05) is 0 Å². The first kappa shape index (κ1) is 5.72. The van der Waals surface area contributed by atoms with E-state index in [0.29, 0.717) is 0 Å². The van der Waals surface area contributed by atoms with E-state index >= 15 is 0 Å². The molecule has 2 rings (SSSR count). The van der Waals surface area contributed by atoms with Crippen molar-refractivity contribution >= 4 is 0 Å². The molecule has 0 unspecified atom stereocenters. The van der Waals surface area contributed by atoms with E-state index < -0.39 is 0 Å². The molecule has 0 aromatic rings. The number of rotatable bonds is 2. The lowest BCUT2D eigenvalue weighted by Gasteiger charge is -1.90. The normalized spacial score (nSPS) is 55.3. The van der Waals surface area contributed by atoms with Crippen LogP contribution in [0.5, 0.6) is 0 Å². The third-order valence-corrected chi connectivity index (χ3v) is 3.00. The van der Waals surface area contributed by atoms with Gasteiger partial charge in [-0.2, -0.15) is 0 Å². The molecule has 0 spiro atoms. The van der Waals surface area contributed by atoms with Crippen molar-refractivity contribution in [3.05, 3.63) is 0 Å². The summed E-state index contributed by atoms with van der Waals surface area (Å²) < 4.78 is 0. The maximum atomic E-state index is 5.54. The van der Waals surface area contributed by atoms with Crippen LogP contribution in [0.2, 0.25) is 0 Å². The quantitative estimate of drug-likeness (QED) is 0.590. The van der Waals surface area contributed by atoms with Gasteiger partial charge in [0.25, 0.3) is 0 Å². The van der Waals surface area contributed by atoms with E-state index in [0.717, 1.165) is 30.2 Å². The summed E-state index contributed by atoms with van der Waals surface area (Å²) in [6.45, 7) is 3.30. The SMILES string of the molecule is C[C@@H]1C[C@@H]1[C@H]1C[C@@H]1CN. The maximum Gasteiger partial charge on any atom is -0.00460 e. The molecule has 0 saturated heterocycles. The Kier molecular flexibility index (Phi) is 1.10.